The van der Waals surface area contributed by atoms with Gasteiger partial charge in [-0.25, -0.2) is 4.98 Å². The van der Waals surface area contributed by atoms with Crippen molar-refractivity contribution in [3.05, 3.63) is 23.3 Å². The molecular weight excluding hydrogens is 150 g/mol. The molecule has 0 aliphatic carbocycles. The van der Waals surface area contributed by atoms with Gasteiger partial charge >= 0.3 is 0 Å². The first kappa shape index (κ1) is 8.66. The fourth-order valence-corrected chi connectivity index (χ4v) is 0.969. The standard InChI is InChI=1S/C9H11N3/c1-3-7-6-11-8(4-2)9(5-10)12-7/h6H,3-4H2,1-2H3. The van der Waals surface area contributed by atoms with Crippen LogP contribution in [0.2, 0.25) is 0 Å². The highest BCUT2D eigenvalue weighted by molar-refractivity contribution is 5.26. The molecule has 0 spiro atoms. The van der Waals surface area contributed by atoms with Crippen LogP contribution in [-0.2, 0) is 12.8 Å². The van der Waals surface area contributed by atoms with Gasteiger partial charge in [0.15, 0.2) is 5.69 Å². The number of rotatable bonds is 2. The Bertz CT molecular complexity index is 312. The second-order valence-corrected chi connectivity index (χ2v) is 2.48. The highest BCUT2D eigenvalue weighted by atomic mass is 14.8. The smallest absolute Gasteiger partial charge is 0.162 e. The summed E-state index contributed by atoms with van der Waals surface area (Å²) < 4.78 is 0. The molecule has 0 aliphatic heterocycles. The minimum absolute atomic E-state index is 0.469. The van der Waals surface area contributed by atoms with Gasteiger partial charge in [-0.1, -0.05) is 13.8 Å². The molecule has 0 saturated carbocycles. The third-order valence-electron chi connectivity index (χ3n) is 1.70. The second kappa shape index (κ2) is 3.82. The van der Waals surface area contributed by atoms with Gasteiger partial charge in [-0.15, -0.1) is 0 Å². The molecule has 12 heavy (non-hydrogen) atoms. The Labute approximate surface area is 72.1 Å². The zero-order valence-corrected chi connectivity index (χ0v) is 7.33. The zero-order valence-electron chi connectivity index (χ0n) is 7.33. The third kappa shape index (κ3) is 1.59. The van der Waals surface area contributed by atoms with E-state index >= 15 is 0 Å². The lowest BCUT2D eigenvalue weighted by molar-refractivity contribution is 0.921. The van der Waals surface area contributed by atoms with E-state index in [9.17, 15) is 0 Å². The van der Waals surface area contributed by atoms with Gasteiger partial charge in [0.25, 0.3) is 0 Å². The summed E-state index contributed by atoms with van der Waals surface area (Å²) in [5.74, 6) is 0. The van der Waals surface area contributed by atoms with Crippen LogP contribution in [0.3, 0.4) is 0 Å². The Morgan fingerprint density at radius 1 is 1.42 bits per heavy atom. The molecule has 0 amide bonds. The van der Waals surface area contributed by atoms with E-state index in [4.69, 9.17) is 5.26 Å². The molecule has 0 bridgehead atoms. The van der Waals surface area contributed by atoms with Gasteiger partial charge in [0.2, 0.25) is 0 Å². The van der Waals surface area contributed by atoms with Gasteiger partial charge < -0.3 is 0 Å². The topological polar surface area (TPSA) is 49.6 Å². The van der Waals surface area contributed by atoms with Crippen molar-refractivity contribution in [2.24, 2.45) is 0 Å². The highest BCUT2D eigenvalue weighted by Gasteiger charge is 2.03. The van der Waals surface area contributed by atoms with Crippen LogP contribution >= 0.6 is 0 Å². The van der Waals surface area contributed by atoms with Gasteiger partial charge in [-0.05, 0) is 12.8 Å². The predicted octanol–water partition coefficient (Wildman–Crippen LogP) is 1.47. The number of nitrogens with zero attached hydrogens (tertiary/aromatic N) is 3. The van der Waals surface area contributed by atoms with Crippen LogP contribution in [0.4, 0.5) is 0 Å². The van der Waals surface area contributed by atoms with Crippen LogP contribution in [0.1, 0.15) is 30.9 Å². The van der Waals surface area contributed by atoms with Gasteiger partial charge in [-0.3, -0.25) is 4.98 Å². The fraction of sp³-hybridized carbons (Fsp3) is 0.444. The van der Waals surface area contributed by atoms with Gasteiger partial charge in [0.1, 0.15) is 6.07 Å². The van der Waals surface area contributed by atoms with E-state index in [0.717, 1.165) is 24.2 Å². The molecule has 1 aromatic rings. The van der Waals surface area contributed by atoms with E-state index in [0.29, 0.717) is 5.69 Å². The first-order valence-electron chi connectivity index (χ1n) is 4.06. The maximum atomic E-state index is 8.72. The first-order valence-corrected chi connectivity index (χ1v) is 4.06. The van der Waals surface area contributed by atoms with Crippen molar-refractivity contribution >= 4 is 0 Å². The zero-order chi connectivity index (χ0) is 8.97. The van der Waals surface area contributed by atoms with Crippen LogP contribution in [0.5, 0.6) is 0 Å². The van der Waals surface area contributed by atoms with Crippen LogP contribution in [-0.4, -0.2) is 9.97 Å². The Morgan fingerprint density at radius 3 is 2.67 bits per heavy atom. The summed E-state index contributed by atoms with van der Waals surface area (Å²) in [5, 5.41) is 8.72. The molecule has 3 heteroatoms. The average Bonchev–Trinajstić information content (AvgIpc) is 2.16. The molecule has 0 aliphatic rings. The molecular formula is C9H11N3. The molecule has 1 heterocycles. The summed E-state index contributed by atoms with van der Waals surface area (Å²) in [7, 11) is 0. The van der Waals surface area contributed by atoms with Gasteiger partial charge in [-0.2, -0.15) is 5.26 Å². The summed E-state index contributed by atoms with van der Waals surface area (Å²) in [6.45, 7) is 3.97. The number of aryl methyl sites for hydroxylation is 2. The highest BCUT2D eigenvalue weighted by Crippen LogP contribution is 2.03. The van der Waals surface area contributed by atoms with Crippen molar-refractivity contribution in [3.8, 4) is 6.07 Å². The molecule has 1 aromatic heterocycles. The molecule has 0 radical (unpaired) electrons. The molecule has 0 saturated heterocycles. The van der Waals surface area contributed by atoms with Crippen molar-refractivity contribution in [2.45, 2.75) is 26.7 Å². The minimum Gasteiger partial charge on any atom is -0.256 e. The van der Waals surface area contributed by atoms with Crippen LogP contribution in [0, 0.1) is 11.3 Å². The van der Waals surface area contributed by atoms with E-state index in [1.54, 1.807) is 6.20 Å². The molecule has 0 fully saturated rings. The number of aromatic nitrogens is 2. The summed E-state index contributed by atoms with van der Waals surface area (Å²) in [5.41, 5.74) is 2.13. The fourth-order valence-electron chi connectivity index (χ4n) is 0.969. The Balaban J connectivity index is 3.13. The lowest BCUT2D eigenvalue weighted by atomic mass is 10.2. The molecule has 0 unspecified atom stereocenters. The Hall–Kier alpha value is -1.43. The Morgan fingerprint density at radius 2 is 2.17 bits per heavy atom. The van der Waals surface area contributed by atoms with Crippen molar-refractivity contribution < 1.29 is 0 Å². The third-order valence-corrected chi connectivity index (χ3v) is 1.70. The average molecular weight is 161 g/mol. The van der Waals surface area contributed by atoms with E-state index in [2.05, 4.69) is 9.97 Å². The molecule has 0 N–H and O–H groups in total. The number of hydrogen-bond donors (Lipinski definition) is 0. The van der Waals surface area contributed by atoms with E-state index in [1.165, 1.54) is 0 Å². The quantitative estimate of drug-likeness (QED) is 0.660. The molecule has 3 nitrogen and oxygen atoms in total. The first-order chi connectivity index (χ1) is 5.81. The SMILES string of the molecule is CCc1cnc(CC)c(C#N)n1. The molecule has 0 aromatic carbocycles. The lowest BCUT2D eigenvalue weighted by Gasteiger charge is -1.99. The monoisotopic (exact) mass is 161 g/mol. The maximum absolute atomic E-state index is 8.72. The molecule has 1 rings (SSSR count). The van der Waals surface area contributed by atoms with Crippen LogP contribution in [0.15, 0.2) is 6.20 Å². The van der Waals surface area contributed by atoms with E-state index in [-0.39, 0.29) is 0 Å². The van der Waals surface area contributed by atoms with Gasteiger partial charge in [0, 0.05) is 6.20 Å². The summed E-state index contributed by atoms with van der Waals surface area (Å²) in [6.07, 6.45) is 3.32. The van der Waals surface area contributed by atoms with Crippen molar-refractivity contribution in [1.82, 2.24) is 9.97 Å². The minimum atomic E-state index is 0.469. The van der Waals surface area contributed by atoms with Crippen molar-refractivity contribution in [1.29, 1.82) is 5.26 Å². The summed E-state index contributed by atoms with van der Waals surface area (Å²) in [6, 6.07) is 2.05. The normalized spacial score (nSPS) is 9.42. The largest absolute Gasteiger partial charge is 0.256 e. The van der Waals surface area contributed by atoms with E-state index in [1.807, 2.05) is 19.9 Å². The molecule has 0 atom stereocenters. The summed E-state index contributed by atoms with van der Waals surface area (Å²) >= 11 is 0. The van der Waals surface area contributed by atoms with Crippen molar-refractivity contribution in [2.75, 3.05) is 0 Å². The Kier molecular flexibility index (Phi) is 2.76. The van der Waals surface area contributed by atoms with E-state index < -0.39 is 0 Å². The maximum Gasteiger partial charge on any atom is 0.162 e. The predicted molar refractivity (Wildman–Crippen MR) is 45.5 cm³/mol. The second-order valence-electron chi connectivity index (χ2n) is 2.48. The van der Waals surface area contributed by atoms with Gasteiger partial charge in [0.05, 0.1) is 11.4 Å². The molecule has 62 valence electrons. The lowest BCUT2D eigenvalue weighted by Crippen LogP contribution is -1.99. The van der Waals surface area contributed by atoms with Crippen molar-refractivity contribution in [3.63, 3.8) is 0 Å². The number of hydrogen-bond acceptors (Lipinski definition) is 3. The number of nitriles is 1. The summed E-state index contributed by atoms with van der Waals surface area (Å²) in [4.78, 5) is 8.31. The van der Waals surface area contributed by atoms with Crippen LogP contribution < -0.4 is 0 Å². The van der Waals surface area contributed by atoms with Crippen LogP contribution in [0.25, 0.3) is 0 Å².